The van der Waals surface area contributed by atoms with Crippen LogP contribution in [0.4, 0.5) is 5.69 Å². The van der Waals surface area contributed by atoms with Crippen molar-refractivity contribution >= 4 is 17.5 Å². The van der Waals surface area contributed by atoms with Gasteiger partial charge in [0.25, 0.3) is 5.91 Å². The Hall–Kier alpha value is -3.13. The lowest BCUT2D eigenvalue weighted by Gasteiger charge is -2.14. The quantitative estimate of drug-likeness (QED) is 0.858. The summed E-state index contributed by atoms with van der Waals surface area (Å²) < 4.78 is 0. The topological polar surface area (TPSA) is 82.0 Å². The summed E-state index contributed by atoms with van der Waals surface area (Å²) in [5, 5.41) is 14.2. The Morgan fingerprint density at radius 2 is 1.75 bits per heavy atom. The number of carbonyl (C=O) groups excluding carboxylic acids is 2. The maximum atomic E-state index is 12.0. The van der Waals surface area contributed by atoms with Crippen molar-refractivity contribution < 1.29 is 9.59 Å². The molecule has 5 heteroatoms. The van der Waals surface area contributed by atoms with Crippen molar-refractivity contribution in [3.8, 4) is 6.07 Å². The summed E-state index contributed by atoms with van der Waals surface area (Å²) in [7, 11) is 0. The zero-order valence-electron chi connectivity index (χ0n) is 13.5. The van der Waals surface area contributed by atoms with E-state index in [0.29, 0.717) is 17.7 Å². The molecule has 0 saturated carbocycles. The van der Waals surface area contributed by atoms with Crippen LogP contribution in [-0.4, -0.2) is 17.9 Å². The Morgan fingerprint density at radius 1 is 1.08 bits per heavy atom. The van der Waals surface area contributed by atoms with Gasteiger partial charge in [-0.05, 0) is 36.8 Å². The lowest BCUT2D eigenvalue weighted by atomic mass is 10.1. The number of anilines is 1. The van der Waals surface area contributed by atoms with Crippen LogP contribution in [0.2, 0.25) is 0 Å². The molecule has 24 heavy (non-hydrogen) atoms. The predicted molar refractivity (Wildman–Crippen MR) is 92.4 cm³/mol. The average molecular weight is 321 g/mol. The molecule has 0 aliphatic heterocycles. The molecular formula is C19H19N3O2. The molecule has 0 aromatic heterocycles. The highest BCUT2D eigenvalue weighted by Crippen LogP contribution is 2.10. The summed E-state index contributed by atoms with van der Waals surface area (Å²) in [6, 6.07) is 17.8. The first kappa shape index (κ1) is 17.2. The van der Waals surface area contributed by atoms with Crippen molar-refractivity contribution in [2.45, 2.75) is 25.8 Å². The third-order valence-electron chi connectivity index (χ3n) is 3.43. The van der Waals surface area contributed by atoms with Gasteiger partial charge < -0.3 is 10.6 Å². The van der Waals surface area contributed by atoms with Gasteiger partial charge in [-0.3, -0.25) is 9.59 Å². The molecule has 0 bridgehead atoms. The van der Waals surface area contributed by atoms with Crippen LogP contribution < -0.4 is 10.6 Å². The van der Waals surface area contributed by atoms with E-state index in [-0.39, 0.29) is 24.3 Å². The van der Waals surface area contributed by atoms with Crippen molar-refractivity contribution in [2.24, 2.45) is 0 Å². The van der Waals surface area contributed by atoms with E-state index in [1.165, 1.54) is 0 Å². The van der Waals surface area contributed by atoms with Crippen LogP contribution in [0.25, 0.3) is 0 Å². The van der Waals surface area contributed by atoms with Crippen molar-refractivity contribution in [1.82, 2.24) is 5.32 Å². The zero-order chi connectivity index (χ0) is 17.4. The molecule has 2 amide bonds. The van der Waals surface area contributed by atoms with E-state index in [2.05, 4.69) is 16.7 Å². The second-order valence-corrected chi connectivity index (χ2v) is 5.52. The van der Waals surface area contributed by atoms with Crippen LogP contribution in [0.5, 0.6) is 0 Å². The molecule has 0 heterocycles. The Morgan fingerprint density at radius 3 is 2.38 bits per heavy atom. The number of hydrogen-bond acceptors (Lipinski definition) is 3. The number of nitrogens with one attached hydrogen (secondary N) is 2. The zero-order valence-corrected chi connectivity index (χ0v) is 13.5. The molecule has 2 N–H and O–H groups in total. The van der Waals surface area contributed by atoms with Gasteiger partial charge in [0.2, 0.25) is 5.91 Å². The van der Waals surface area contributed by atoms with Gasteiger partial charge in [0.05, 0.1) is 12.5 Å². The molecule has 0 fully saturated rings. The van der Waals surface area contributed by atoms with E-state index in [0.717, 1.165) is 5.56 Å². The molecule has 5 nitrogen and oxygen atoms in total. The fraction of sp³-hybridized carbons (Fsp3) is 0.211. The SMILES string of the molecule is CC(CC(=O)Nc1ccc(CC#N)cc1)NC(=O)c1ccccc1. The first-order valence-electron chi connectivity index (χ1n) is 7.70. The summed E-state index contributed by atoms with van der Waals surface area (Å²) in [5.74, 6) is -0.374. The van der Waals surface area contributed by atoms with Crippen molar-refractivity contribution in [3.05, 3.63) is 65.7 Å². The summed E-state index contributed by atoms with van der Waals surface area (Å²) in [4.78, 5) is 24.1. The van der Waals surface area contributed by atoms with Crippen LogP contribution in [0.3, 0.4) is 0 Å². The van der Waals surface area contributed by atoms with E-state index in [9.17, 15) is 9.59 Å². The Kier molecular flexibility index (Phi) is 6.09. The van der Waals surface area contributed by atoms with Gasteiger partial charge in [0, 0.05) is 23.7 Å². The standard InChI is InChI=1S/C19H19N3O2/c1-14(21-19(24)16-5-3-2-4-6-16)13-18(23)22-17-9-7-15(8-10-17)11-12-20/h2-10,14H,11,13H2,1H3,(H,21,24)(H,22,23). The summed E-state index contributed by atoms with van der Waals surface area (Å²) in [6.07, 6.45) is 0.523. The van der Waals surface area contributed by atoms with Crippen LogP contribution in [0, 0.1) is 11.3 Å². The van der Waals surface area contributed by atoms with Crippen LogP contribution in [-0.2, 0) is 11.2 Å². The van der Waals surface area contributed by atoms with Gasteiger partial charge in [-0.1, -0.05) is 30.3 Å². The fourth-order valence-corrected chi connectivity index (χ4v) is 2.24. The molecule has 0 saturated heterocycles. The van der Waals surface area contributed by atoms with E-state index < -0.39 is 0 Å². The molecule has 2 rings (SSSR count). The second-order valence-electron chi connectivity index (χ2n) is 5.52. The number of hydrogen-bond donors (Lipinski definition) is 2. The van der Waals surface area contributed by atoms with Crippen LogP contribution >= 0.6 is 0 Å². The number of amides is 2. The highest BCUT2D eigenvalue weighted by molar-refractivity contribution is 5.95. The first-order valence-corrected chi connectivity index (χ1v) is 7.70. The molecule has 0 aliphatic carbocycles. The molecule has 2 aromatic carbocycles. The molecule has 1 atom stereocenters. The van der Waals surface area contributed by atoms with Crippen molar-refractivity contribution in [2.75, 3.05) is 5.32 Å². The summed E-state index contributed by atoms with van der Waals surface area (Å²) in [6.45, 7) is 1.79. The van der Waals surface area contributed by atoms with E-state index in [4.69, 9.17) is 5.26 Å². The molecule has 0 spiro atoms. The second kappa shape index (κ2) is 8.49. The Labute approximate surface area is 141 Å². The van der Waals surface area contributed by atoms with E-state index >= 15 is 0 Å². The lowest BCUT2D eigenvalue weighted by molar-refractivity contribution is -0.116. The van der Waals surface area contributed by atoms with E-state index in [1.807, 2.05) is 6.07 Å². The van der Waals surface area contributed by atoms with Crippen molar-refractivity contribution in [1.29, 1.82) is 5.26 Å². The monoisotopic (exact) mass is 321 g/mol. The molecule has 1 unspecified atom stereocenters. The predicted octanol–water partition coefficient (Wildman–Crippen LogP) is 2.90. The minimum absolute atomic E-state index is 0.177. The van der Waals surface area contributed by atoms with Gasteiger partial charge in [0.1, 0.15) is 0 Å². The number of carbonyl (C=O) groups is 2. The smallest absolute Gasteiger partial charge is 0.251 e. The minimum atomic E-state index is -0.282. The van der Waals surface area contributed by atoms with Gasteiger partial charge >= 0.3 is 0 Å². The number of nitriles is 1. The number of rotatable bonds is 6. The first-order chi connectivity index (χ1) is 11.6. The van der Waals surface area contributed by atoms with Gasteiger partial charge in [0.15, 0.2) is 0 Å². The molecule has 0 radical (unpaired) electrons. The van der Waals surface area contributed by atoms with Crippen LogP contribution in [0.15, 0.2) is 54.6 Å². The third-order valence-corrected chi connectivity index (χ3v) is 3.43. The summed E-state index contributed by atoms with van der Waals surface area (Å²) >= 11 is 0. The third kappa shape index (κ3) is 5.25. The maximum Gasteiger partial charge on any atom is 0.251 e. The van der Waals surface area contributed by atoms with Gasteiger partial charge in [-0.15, -0.1) is 0 Å². The number of nitrogens with zero attached hydrogens (tertiary/aromatic N) is 1. The lowest BCUT2D eigenvalue weighted by Crippen LogP contribution is -2.35. The largest absolute Gasteiger partial charge is 0.349 e. The highest BCUT2D eigenvalue weighted by Gasteiger charge is 2.13. The number of benzene rings is 2. The van der Waals surface area contributed by atoms with Crippen molar-refractivity contribution in [3.63, 3.8) is 0 Å². The molecule has 0 aliphatic rings. The molecule has 122 valence electrons. The van der Waals surface area contributed by atoms with Gasteiger partial charge in [-0.2, -0.15) is 5.26 Å². The highest BCUT2D eigenvalue weighted by atomic mass is 16.2. The van der Waals surface area contributed by atoms with Crippen LogP contribution in [0.1, 0.15) is 29.3 Å². The summed E-state index contributed by atoms with van der Waals surface area (Å²) in [5.41, 5.74) is 2.14. The average Bonchev–Trinajstić information content (AvgIpc) is 2.57. The Balaban J connectivity index is 1.83. The van der Waals surface area contributed by atoms with Gasteiger partial charge in [-0.25, -0.2) is 0 Å². The fourth-order valence-electron chi connectivity index (χ4n) is 2.24. The minimum Gasteiger partial charge on any atom is -0.349 e. The Bertz CT molecular complexity index is 733. The van der Waals surface area contributed by atoms with E-state index in [1.54, 1.807) is 55.5 Å². The molecule has 2 aromatic rings. The molecular weight excluding hydrogens is 302 g/mol. The normalized spacial score (nSPS) is 11.2. The maximum absolute atomic E-state index is 12.0.